The number of hydrogen-bond donors (Lipinski definition) is 1. The summed E-state index contributed by atoms with van der Waals surface area (Å²) in [4.78, 5) is 32.3. The first-order valence-corrected chi connectivity index (χ1v) is 14.6. The van der Waals surface area contributed by atoms with E-state index in [0.717, 1.165) is 30.4 Å². The van der Waals surface area contributed by atoms with Crippen LogP contribution in [0.2, 0.25) is 0 Å². The molecule has 0 bridgehead atoms. The minimum absolute atomic E-state index is 0.00962. The summed E-state index contributed by atoms with van der Waals surface area (Å²) in [7, 11) is 0. The Hall–Kier alpha value is -4.43. The van der Waals surface area contributed by atoms with Crippen LogP contribution in [-0.4, -0.2) is 28.4 Å². The van der Waals surface area contributed by atoms with Gasteiger partial charge in [0.25, 0.3) is 5.78 Å². The van der Waals surface area contributed by atoms with Crippen LogP contribution in [0.15, 0.2) is 89.9 Å². The van der Waals surface area contributed by atoms with Crippen LogP contribution in [0.5, 0.6) is 11.5 Å². The molecule has 4 aromatic rings. The van der Waals surface area contributed by atoms with E-state index in [0.29, 0.717) is 41.0 Å². The van der Waals surface area contributed by atoms with Gasteiger partial charge in [0.2, 0.25) is 0 Å². The number of carbonyl (C=O) groups excluding carboxylic acids is 2. The Morgan fingerprint density at radius 2 is 1.66 bits per heavy atom. The summed E-state index contributed by atoms with van der Waals surface area (Å²) in [5, 5.41) is 13.5. The Morgan fingerprint density at radius 3 is 2.34 bits per heavy atom. The molecule has 1 saturated heterocycles. The molecule has 1 amide bonds. The maximum atomic E-state index is 13.4. The molecular weight excluding hydrogens is 536 g/mol. The highest BCUT2D eigenvalue weighted by atomic mass is 32.1. The number of Topliss-reactive ketones (excluding diaryl/α,β-unsaturated/α-hetero) is 1. The molecule has 41 heavy (non-hydrogen) atoms. The maximum absolute atomic E-state index is 13.4. The van der Waals surface area contributed by atoms with E-state index in [2.05, 4.69) is 11.9 Å². The lowest BCUT2D eigenvalue weighted by atomic mass is 9.95. The number of nitrogens with zero attached hydrogens (tertiary/aromatic N) is 2. The third-order valence-electron chi connectivity index (χ3n) is 7.07. The van der Waals surface area contributed by atoms with Gasteiger partial charge in [-0.25, -0.2) is 4.98 Å². The number of amides is 1. The van der Waals surface area contributed by atoms with Gasteiger partial charge in [0.1, 0.15) is 23.9 Å². The summed E-state index contributed by atoms with van der Waals surface area (Å²) in [5.74, 6) is -0.416. The topological polar surface area (TPSA) is 89.0 Å². The summed E-state index contributed by atoms with van der Waals surface area (Å²) < 4.78 is 11.8. The molecule has 5 rings (SSSR count). The molecule has 0 saturated carbocycles. The fourth-order valence-electron chi connectivity index (χ4n) is 4.77. The van der Waals surface area contributed by atoms with Gasteiger partial charge < -0.3 is 14.6 Å². The van der Waals surface area contributed by atoms with Crippen LogP contribution in [0, 0.1) is 6.92 Å². The van der Waals surface area contributed by atoms with Crippen molar-refractivity contribution in [2.45, 2.75) is 45.8 Å². The van der Waals surface area contributed by atoms with E-state index in [-0.39, 0.29) is 11.3 Å². The summed E-state index contributed by atoms with van der Waals surface area (Å²) >= 11 is 1.26. The molecule has 1 aliphatic heterocycles. The molecule has 1 N–H and O–H groups in total. The number of unbranched alkanes of at least 4 members (excludes halogenated alkanes) is 2. The zero-order valence-electron chi connectivity index (χ0n) is 23.1. The zero-order chi connectivity index (χ0) is 28.8. The van der Waals surface area contributed by atoms with E-state index < -0.39 is 17.7 Å². The van der Waals surface area contributed by atoms with Gasteiger partial charge in [0.15, 0.2) is 5.13 Å². The molecule has 0 radical (unpaired) electrons. The lowest BCUT2D eigenvalue weighted by molar-refractivity contribution is -0.132. The Balaban J connectivity index is 1.44. The zero-order valence-corrected chi connectivity index (χ0v) is 23.9. The summed E-state index contributed by atoms with van der Waals surface area (Å²) in [6.07, 6.45) is 4.76. The van der Waals surface area contributed by atoms with Crippen LogP contribution in [-0.2, 0) is 16.2 Å². The molecule has 0 aliphatic carbocycles. The second-order valence-electron chi connectivity index (χ2n) is 9.85. The molecule has 8 heteroatoms. The van der Waals surface area contributed by atoms with Crippen LogP contribution in [0.3, 0.4) is 0 Å². The van der Waals surface area contributed by atoms with Crippen molar-refractivity contribution in [2.75, 3.05) is 11.5 Å². The molecule has 1 unspecified atom stereocenters. The number of hydrogen-bond acceptors (Lipinski definition) is 7. The predicted octanol–water partition coefficient (Wildman–Crippen LogP) is 7.23. The number of anilines is 1. The first kappa shape index (κ1) is 28.1. The number of thiazole rings is 1. The number of carbonyl (C=O) groups is 2. The lowest BCUT2D eigenvalue weighted by Gasteiger charge is -2.23. The average molecular weight is 569 g/mol. The van der Waals surface area contributed by atoms with Gasteiger partial charge in [0.05, 0.1) is 18.2 Å². The van der Waals surface area contributed by atoms with E-state index in [4.69, 9.17) is 9.47 Å². The summed E-state index contributed by atoms with van der Waals surface area (Å²) in [6.45, 7) is 5.21. The van der Waals surface area contributed by atoms with Crippen LogP contribution >= 0.6 is 11.3 Å². The molecule has 3 aromatic carbocycles. The minimum Gasteiger partial charge on any atom is -0.507 e. The van der Waals surface area contributed by atoms with E-state index in [9.17, 15) is 14.7 Å². The van der Waals surface area contributed by atoms with E-state index in [1.165, 1.54) is 16.2 Å². The molecular formula is C33H32N2O5S. The third kappa shape index (κ3) is 6.18. The van der Waals surface area contributed by atoms with Gasteiger partial charge in [-0.15, -0.1) is 11.3 Å². The SMILES string of the molecule is CCCCCOc1ccc(C2/C(=C(\O)c3ccc(OCc4ccccc4C)cc3)C(=O)C(=O)N2c2nccs2)cc1. The highest BCUT2D eigenvalue weighted by molar-refractivity contribution is 7.14. The van der Waals surface area contributed by atoms with Gasteiger partial charge in [-0.1, -0.05) is 56.2 Å². The normalized spacial score (nSPS) is 16.2. The molecule has 1 fully saturated rings. The fourth-order valence-corrected chi connectivity index (χ4v) is 5.43. The second-order valence-corrected chi connectivity index (χ2v) is 10.7. The van der Waals surface area contributed by atoms with Crippen LogP contribution < -0.4 is 14.4 Å². The fraction of sp³-hybridized carbons (Fsp3) is 0.242. The quantitative estimate of drug-likeness (QED) is 0.0889. The predicted molar refractivity (Wildman–Crippen MR) is 160 cm³/mol. The number of aliphatic hydroxyl groups is 1. The van der Waals surface area contributed by atoms with Crippen LogP contribution in [0.25, 0.3) is 5.76 Å². The van der Waals surface area contributed by atoms with Gasteiger partial charge in [-0.3, -0.25) is 14.5 Å². The molecule has 7 nitrogen and oxygen atoms in total. The minimum atomic E-state index is -0.840. The number of ether oxygens (including phenoxy) is 2. The number of rotatable bonds is 11. The van der Waals surface area contributed by atoms with Crippen molar-refractivity contribution in [3.63, 3.8) is 0 Å². The van der Waals surface area contributed by atoms with Crippen LogP contribution in [0.4, 0.5) is 5.13 Å². The van der Waals surface area contributed by atoms with Crippen LogP contribution in [0.1, 0.15) is 54.5 Å². The standard InChI is InChI=1S/C33H32N2O5S/c1-3-4-7-19-39-26-14-10-23(11-15-26)29-28(31(37)32(38)35(29)33-34-18-20-41-33)30(36)24-12-16-27(17-13-24)40-21-25-9-6-5-8-22(25)2/h5-6,8-18,20,29,36H,3-4,7,19,21H2,1-2H3/b30-28+. The maximum Gasteiger partial charge on any atom is 0.301 e. The number of ketones is 1. The van der Waals surface area contributed by atoms with Gasteiger partial charge >= 0.3 is 5.91 Å². The van der Waals surface area contributed by atoms with Gasteiger partial charge in [0, 0.05) is 17.1 Å². The summed E-state index contributed by atoms with van der Waals surface area (Å²) in [6, 6.07) is 21.3. The Kier molecular flexibility index (Phi) is 8.79. The monoisotopic (exact) mass is 568 g/mol. The van der Waals surface area contributed by atoms with Gasteiger partial charge in [-0.05, 0) is 66.4 Å². The highest BCUT2D eigenvalue weighted by Gasteiger charge is 2.48. The first-order valence-electron chi connectivity index (χ1n) is 13.7. The number of aromatic nitrogens is 1. The smallest absolute Gasteiger partial charge is 0.301 e. The molecule has 210 valence electrons. The first-order chi connectivity index (χ1) is 20.0. The van der Waals surface area contributed by atoms with E-state index >= 15 is 0 Å². The largest absolute Gasteiger partial charge is 0.507 e. The highest BCUT2D eigenvalue weighted by Crippen LogP contribution is 2.43. The third-order valence-corrected chi connectivity index (χ3v) is 7.84. The van der Waals surface area contributed by atoms with Crippen molar-refractivity contribution in [1.29, 1.82) is 0 Å². The molecule has 1 aromatic heterocycles. The van der Waals surface area contributed by atoms with Crippen molar-refractivity contribution in [3.8, 4) is 11.5 Å². The van der Waals surface area contributed by atoms with Crippen molar-refractivity contribution >= 4 is 33.9 Å². The number of aryl methyl sites for hydroxylation is 1. The molecule has 2 heterocycles. The Morgan fingerprint density at radius 1 is 0.951 bits per heavy atom. The molecule has 0 spiro atoms. The van der Waals surface area contributed by atoms with Crippen molar-refractivity contribution < 1.29 is 24.2 Å². The van der Waals surface area contributed by atoms with E-state index in [1.54, 1.807) is 35.8 Å². The average Bonchev–Trinajstić information content (AvgIpc) is 3.61. The lowest BCUT2D eigenvalue weighted by Crippen LogP contribution is -2.29. The Labute approximate surface area is 243 Å². The second kappa shape index (κ2) is 12.8. The number of benzene rings is 3. The number of aliphatic hydroxyl groups excluding tert-OH is 1. The van der Waals surface area contributed by atoms with Crippen molar-refractivity contribution in [3.05, 3.63) is 112 Å². The Bertz CT molecular complexity index is 1530. The van der Waals surface area contributed by atoms with E-state index in [1.807, 2.05) is 55.5 Å². The molecule has 1 aliphatic rings. The molecule has 1 atom stereocenters. The van der Waals surface area contributed by atoms with Gasteiger partial charge in [-0.2, -0.15) is 0 Å². The van der Waals surface area contributed by atoms with Crippen molar-refractivity contribution in [2.24, 2.45) is 0 Å². The van der Waals surface area contributed by atoms with Crippen molar-refractivity contribution in [1.82, 2.24) is 4.98 Å². The summed E-state index contributed by atoms with van der Waals surface area (Å²) in [5.41, 5.74) is 3.31.